The van der Waals surface area contributed by atoms with Crippen LogP contribution in [0.3, 0.4) is 0 Å². The second-order valence-electron chi connectivity index (χ2n) is 6.86. The fraction of sp³-hybridized carbons (Fsp3) is 0.174. The molecule has 2 aromatic carbocycles. The Balaban J connectivity index is 1.31. The lowest BCUT2D eigenvalue weighted by molar-refractivity contribution is 0.0952. The van der Waals surface area contributed by atoms with Gasteiger partial charge in [0.15, 0.2) is 0 Å². The first-order valence-electron chi connectivity index (χ1n) is 9.43. The monoisotopic (exact) mass is 370 g/mol. The molecule has 0 aliphatic heterocycles. The zero-order chi connectivity index (χ0) is 19.3. The molecule has 0 radical (unpaired) electrons. The van der Waals surface area contributed by atoms with E-state index in [9.17, 15) is 4.79 Å². The lowest BCUT2D eigenvalue weighted by atomic mass is 10.0. The molecular weight excluding hydrogens is 348 g/mol. The Morgan fingerprint density at radius 2 is 1.89 bits per heavy atom. The summed E-state index contributed by atoms with van der Waals surface area (Å²) in [5.41, 5.74) is 6.07. The van der Waals surface area contributed by atoms with Crippen LogP contribution in [0.5, 0.6) is 0 Å². The van der Waals surface area contributed by atoms with Gasteiger partial charge in [-0.15, -0.1) is 0 Å². The number of hydrogen-bond acceptors (Lipinski definition) is 3. The molecule has 0 bridgehead atoms. The minimum absolute atomic E-state index is 0.0596. The minimum Gasteiger partial charge on any atom is -0.352 e. The van der Waals surface area contributed by atoms with Gasteiger partial charge < -0.3 is 5.32 Å². The van der Waals surface area contributed by atoms with Crippen molar-refractivity contribution in [3.05, 3.63) is 83.8 Å². The normalized spacial score (nSPS) is 10.9. The molecule has 5 nitrogen and oxygen atoms in total. The van der Waals surface area contributed by atoms with E-state index in [-0.39, 0.29) is 5.91 Å². The zero-order valence-corrected chi connectivity index (χ0v) is 15.8. The summed E-state index contributed by atoms with van der Waals surface area (Å²) >= 11 is 0. The molecule has 1 amide bonds. The summed E-state index contributed by atoms with van der Waals surface area (Å²) in [4.78, 5) is 16.4. The van der Waals surface area contributed by atoms with Crippen molar-refractivity contribution in [1.29, 1.82) is 0 Å². The average Bonchev–Trinajstić information content (AvgIpc) is 3.20. The maximum absolute atomic E-state index is 12.2. The van der Waals surface area contributed by atoms with Gasteiger partial charge in [-0.3, -0.25) is 14.9 Å². The first-order valence-corrected chi connectivity index (χ1v) is 9.43. The number of carbonyl (C=O) groups excluding carboxylic acids is 1. The number of nitrogens with zero attached hydrogens (tertiary/aromatic N) is 2. The highest BCUT2D eigenvalue weighted by Crippen LogP contribution is 2.24. The lowest BCUT2D eigenvalue weighted by Crippen LogP contribution is -2.25. The fourth-order valence-corrected chi connectivity index (χ4v) is 3.30. The third-order valence-electron chi connectivity index (χ3n) is 4.91. The van der Waals surface area contributed by atoms with Crippen LogP contribution in [-0.4, -0.2) is 27.6 Å². The number of amides is 1. The van der Waals surface area contributed by atoms with Crippen molar-refractivity contribution in [3.63, 3.8) is 0 Å². The van der Waals surface area contributed by atoms with Gasteiger partial charge in [0.25, 0.3) is 5.91 Å². The van der Waals surface area contributed by atoms with Gasteiger partial charge in [-0.2, -0.15) is 5.10 Å². The first kappa shape index (κ1) is 17.9. The quantitative estimate of drug-likeness (QED) is 0.497. The van der Waals surface area contributed by atoms with E-state index in [0.29, 0.717) is 12.1 Å². The van der Waals surface area contributed by atoms with Crippen molar-refractivity contribution in [3.8, 4) is 11.1 Å². The summed E-state index contributed by atoms with van der Waals surface area (Å²) in [5, 5.41) is 11.1. The molecule has 2 N–H and O–H groups in total. The van der Waals surface area contributed by atoms with Crippen molar-refractivity contribution >= 4 is 16.8 Å². The van der Waals surface area contributed by atoms with E-state index in [0.717, 1.165) is 29.4 Å². The van der Waals surface area contributed by atoms with Gasteiger partial charge >= 0.3 is 0 Å². The zero-order valence-electron chi connectivity index (χ0n) is 15.8. The van der Waals surface area contributed by atoms with Crippen LogP contribution in [0.15, 0.2) is 67.0 Å². The van der Waals surface area contributed by atoms with Crippen molar-refractivity contribution in [2.75, 3.05) is 6.54 Å². The molecular formula is C23H22N4O. The van der Waals surface area contributed by atoms with Crippen molar-refractivity contribution < 1.29 is 4.79 Å². The van der Waals surface area contributed by atoms with Crippen LogP contribution in [0.4, 0.5) is 0 Å². The Hall–Kier alpha value is -3.47. The molecule has 28 heavy (non-hydrogen) atoms. The van der Waals surface area contributed by atoms with Crippen LogP contribution in [0, 0.1) is 6.92 Å². The smallest absolute Gasteiger partial charge is 0.253 e. The van der Waals surface area contributed by atoms with Crippen LogP contribution in [0.2, 0.25) is 0 Å². The molecule has 0 fully saturated rings. The number of pyridine rings is 1. The summed E-state index contributed by atoms with van der Waals surface area (Å²) < 4.78 is 0. The predicted octanol–water partition coefficient (Wildman–Crippen LogP) is 4.30. The number of H-pyrrole nitrogens is 1. The molecule has 0 atom stereocenters. The van der Waals surface area contributed by atoms with Gasteiger partial charge in [0, 0.05) is 23.8 Å². The van der Waals surface area contributed by atoms with E-state index < -0.39 is 0 Å². The van der Waals surface area contributed by atoms with Gasteiger partial charge in [-0.25, -0.2) is 0 Å². The SMILES string of the molecule is Cc1ncccc1C(=O)NCCCc1ccc(-c2ccc3[nH]ncc3c2)cc1. The van der Waals surface area contributed by atoms with Crippen molar-refractivity contribution in [2.24, 2.45) is 0 Å². The maximum atomic E-state index is 12.2. The molecule has 2 heterocycles. The number of benzene rings is 2. The van der Waals surface area contributed by atoms with E-state index in [4.69, 9.17) is 0 Å². The molecule has 0 aliphatic rings. The fourth-order valence-electron chi connectivity index (χ4n) is 3.30. The summed E-state index contributed by atoms with van der Waals surface area (Å²) in [6.07, 6.45) is 5.36. The number of rotatable bonds is 6. The molecule has 5 heteroatoms. The Bertz CT molecular complexity index is 1100. The van der Waals surface area contributed by atoms with Gasteiger partial charge in [0.2, 0.25) is 0 Å². The molecule has 4 aromatic rings. The number of aryl methyl sites for hydroxylation is 2. The lowest BCUT2D eigenvalue weighted by Gasteiger charge is -2.08. The third-order valence-corrected chi connectivity index (χ3v) is 4.91. The molecule has 0 aliphatic carbocycles. The number of fused-ring (bicyclic) bond motifs is 1. The minimum atomic E-state index is -0.0596. The van der Waals surface area contributed by atoms with E-state index in [1.165, 1.54) is 16.7 Å². The van der Waals surface area contributed by atoms with Gasteiger partial charge in [0.05, 0.1) is 17.3 Å². The van der Waals surface area contributed by atoms with Gasteiger partial charge in [-0.1, -0.05) is 30.3 Å². The van der Waals surface area contributed by atoms with Crippen LogP contribution >= 0.6 is 0 Å². The average molecular weight is 370 g/mol. The highest BCUT2D eigenvalue weighted by atomic mass is 16.1. The number of carbonyl (C=O) groups is 1. The van der Waals surface area contributed by atoms with Gasteiger partial charge in [-0.05, 0) is 60.7 Å². The number of nitrogens with one attached hydrogen (secondary N) is 2. The summed E-state index contributed by atoms with van der Waals surface area (Å²) in [6.45, 7) is 2.49. The van der Waals surface area contributed by atoms with Crippen LogP contribution < -0.4 is 5.32 Å². The summed E-state index contributed by atoms with van der Waals surface area (Å²) in [7, 11) is 0. The Kier molecular flexibility index (Phi) is 5.15. The molecule has 2 aromatic heterocycles. The molecule has 4 rings (SSSR count). The Labute approximate surface area is 163 Å². The number of aromatic amines is 1. The highest BCUT2D eigenvalue weighted by molar-refractivity contribution is 5.95. The van der Waals surface area contributed by atoms with Crippen LogP contribution in [0.25, 0.3) is 22.0 Å². The number of aromatic nitrogens is 3. The van der Waals surface area contributed by atoms with E-state index >= 15 is 0 Å². The molecule has 0 saturated carbocycles. The predicted molar refractivity (Wildman–Crippen MR) is 111 cm³/mol. The second-order valence-corrected chi connectivity index (χ2v) is 6.86. The molecule has 0 unspecified atom stereocenters. The number of hydrogen-bond donors (Lipinski definition) is 2. The van der Waals surface area contributed by atoms with E-state index in [2.05, 4.69) is 63.0 Å². The Morgan fingerprint density at radius 1 is 1.07 bits per heavy atom. The largest absolute Gasteiger partial charge is 0.352 e. The molecule has 0 saturated heterocycles. The molecule has 0 spiro atoms. The Morgan fingerprint density at radius 3 is 2.71 bits per heavy atom. The standard InChI is InChI=1S/C23H22N4O/c1-16-21(5-3-12-24-16)23(28)25-13-2-4-17-6-8-18(9-7-17)19-10-11-22-20(14-19)15-26-27-22/h3,5-12,14-15H,2,4,13H2,1H3,(H,25,28)(H,26,27). The maximum Gasteiger partial charge on any atom is 0.253 e. The van der Waals surface area contributed by atoms with Crippen LogP contribution in [-0.2, 0) is 6.42 Å². The first-order chi connectivity index (χ1) is 13.7. The second kappa shape index (κ2) is 8.05. The third kappa shape index (κ3) is 3.93. The van der Waals surface area contributed by atoms with E-state index in [1.54, 1.807) is 18.3 Å². The topological polar surface area (TPSA) is 70.7 Å². The summed E-state index contributed by atoms with van der Waals surface area (Å²) in [6, 6.07) is 18.5. The highest BCUT2D eigenvalue weighted by Gasteiger charge is 2.08. The summed E-state index contributed by atoms with van der Waals surface area (Å²) in [5.74, 6) is -0.0596. The van der Waals surface area contributed by atoms with Crippen LogP contribution in [0.1, 0.15) is 28.0 Å². The van der Waals surface area contributed by atoms with E-state index in [1.807, 2.05) is 13.1 Å². The molecule has 140 valence electrons. The van der Waals surface area contributed by atoms with Gasteiger partial charge in [0.1, 0.15) is 0 Å². The van der Waals surface area contributed by atoms with Crippen molar-refractivity contribution in [2.45, 2.75) is 19.8 Å². The van der Waals surface area contributed by atoms with Crippen molar-refractivity contribution in [1.82, 2.24) is 20.5 Å².